The van der Waals surface area contributed by atoms with Crippen molar-refractivity contribution in [1.82, 2.24) is 10.6 Å². The number of Topliss-reactive ketones (excluding diaryl/α,β-unsaturated/α-hetero) is 1. The van der Waals surface area contributed by atoms with E-state index in [4.69, 9.17) is 48.4 Å². The molecule has 1 heterocycles. The third kappa shape index (κ3) is 19.4. The van der Waals surface area contributed by atoms with Crippen molar-refractivity contribution >= 4 is 23.6 Å². The number of carbonyl (C=O) groups is 4. The monoisotopic (exact) mass is 837 g/mol. The SMILES string of the molecule is CCOCCOCCOCCOCCOCCOCCNC1=C2C[C@H](C)C[C@@H](OC)[C@@H](O)[C@H](C)/C=C(\C)[C@@H](OC(N)=O)[C@H](OC)/C=C\C=C(/C)C(=O)NC(=CC1=O)C2=O. The maximum absolute atomic E-state index is 13.9. The maximum atomic E-state index is 13.9. The summed E-state index contributed by atoms with van der Waals surface area (Å²) in [6, 6.07) is 0. The predicted molar refractivity (Wildman–Crippen MR) is 218 cm³/mol. The van der Waals surface area contributed by atoms with Gasteiger partial charge < -0.3 is 64.1 Å². The van der Waals surface area contributed by atoms with Gasteiger partial charge in [-0.1, -0.05) is 38.2 Å². The van der Waals surface area contributed by atoms with Gasteiger partial charge in [0, 0.05) is 50.5 Å². The standard InChI is InChI=1S/C42H67N3O14/c1-8-53-14-15-55-18-19-57-22-23-58-21-20-56-17-16-54-13-12-44-37-32-24-28(2)25-36(52-7)38(47)30(4)26-31(5)40(59-42(43)50)35(51-6)11-9-10-29(3)41(49)45-33(39(32)48)27-34(37)46/h9-11,26-28,30,35-36,38,40,44,47H,8,12-25H2,1-7H3,(H2,43,50)(H,45,49)/b11-9-,29-10+,31-26+/t28-,30+,35+,36+,38-,40+/m0/s1. The van der Waals surface area contributed by atoms with Crippen molar-refractivity contribution < 1.29 is 66.9 Å². The molecule has 5 N–H and O–H groups in total. The topological polar surface area (TPSA) is 222 Å². The Kier molecular flexibility index (Phi) is 25.6. The van der Waals surface area contributed by atoms with Crippen LogP contribution in [0.2, 0.25) is 0 Å². The molecular weight excluding hydrogens is 770 g/mol. The molecule has 0 aromatic heterocycles. The fraction of sp³-hybridized carbons (Fsp3) is 0.667. The number of hydrogen-bond acceptors (Lipinski definition) is 15. The Morgan fingerprint density at radius 3 is 1.95 bits per heavy atom. The minimum absolute atomic E-state index is 0.114. The molecule has 2 aliphatic rings. The van der Waals surface area contributed by atoms with E-state index >= 15 is 0 Å². The molecule has 0 saturated heterocycles. The van der Waals surface area contributed by atoms with Crippen molar-refractivity contribution in [3.8, 4) is 0 Å². The zero-order valence-electron chi connectivity index (χ0n) is 35.8. The first-order chi connectivity index (χ1) is 28.3. The molecule has 334 valence electrons. The number of nitrogens with two attached hydrogens (primary N) is 1. The lowest BCUT2D eigenvalue weighted by Gasteiger charge is -2.30. The minimum atomic E-state index is -1.01. The van der Waals surface area contributed by atoms with Crippen molar-refractivity contribution in [1.29, 1.82) is 0 Å². The van der Waals surface area contributed by atoms with E-state index in [2.05, 4.69) is 10.6 Å². The molecule has 17 nitrogen and oxygen atoms in total. The van der Waals surface area contributed by atoms with Crippen LogP contribution in [-0.2, 0) is 57.0 Å². The van der Waals surface area contributed by atoms with Crippen LogP contribution in [0.4, 0.5) is 4.79 Å². The van der Waals surface area contributed by atoms with Crippen LogP contribution in [0.3, 0.4) is 0 Å². The van der Waals surface area contributed by atoms with E-state index in [-0.39, 0.29) is 48.0 Å². The van der Waals surface area contributed by atoms with Gasteiger partial charge in [0.1, 0.15) is 6.10 Å². The van der Waals surface area contributed by atoms with Gasteiger partial charge >= 0.3 is 6.09 Å². The number of methoxy groups -OCH3 is 2. The van der Waals surface area contributed by atoms with Crippen LogP contribution in [0.5, 0.6) is 0 Å². The Morgan fingerprint density at radius 2 is 1.42 bits per heavy atom. The molecule has 0 unspecified atom stereocenters. The number of aliphatic hydroxyl groups excluding tert-OH is 1. The molecule has 2 amide bonds. The molecule has 0 fully saturated rings. The number of aliphatic hydroxyl groups is 1. The molecule has 2 bridgehead atoms. The molecule has 1 aliphatic carbocycles. The third-order valence-electron chi connectivity index (χ3n) is 9.41. The van der Waals surface area contributed by atoms with Gasteiger partial charge in [-0.25, -0.2) is 4.79 Å². The molecule has 0 saturated carbocycles. The number of hydrogen-bond donors (Lipinski definition) is 4. The number of nitrogens with one attached hydrogen (secondary N) is 2. The van der Waals surface area contributed by atoms with Gasteiger partial charge in [0.2, 0.25) is 11.6 Å². The quantitative estimate of drug-likeness (QED) is 0.0660. The summed E-state index contributed by atoms with van der Waals surface area (Å²) >= 11 is 0. The lowest BCUT2D eigenvalue weighted by molar-refractivity contribution is -0.120. The highest BCUT2D eigenvalue weighted by Crippen LogP contribution is 2.29. The predicted octanol–water partition coefficient (Wildman–Crippen LogP) is 2.47. The summed E-state index contributed by atoms with van der Waals surface area (Å²) in [7, 11) is 2.91. The first-order valence-electron chi connectivity index (χ1n) is 20.1. The van der Waals surface area contributed by atoms with Crippen LogP contribution in [0, 0.1) is 11.8 Å². The second-order valence-electron chi connectivity index (χ2n) is 14.1. The average molecular weight is 838 g/mol. The fourth-order valence-electron chi connectivity index (χ4n) is 6.27. The Labute approximate surface area is 348 Å². The Hall–Kier alpha value is -3.78. The number of ether oxygens (including phenoxy) is 9. The van der Waals surface area contributed by atoms with Crippen LogP contribution in [0.1, 0.15) is 47.5 Å². The molecule has 0 radical (unpaired) electrons. The van der Waals surface area contributed by atoms with Crippen LogP contribution in [-0.4, -0.2) is 153 Å². The molecular formula is C42H67N3O14. The number of primary amides is 1. The number of ketones is 2. The summed E-state index contributed by atoms with van der Waals surface area (Å²) in [4.78, 5) is 52.5. The Balaban J connectivity index is 2.05. The molecule has 0 aromatic rings. The Morgan fingerprint density at radius 1 is 0.864 bits per heavy atom. The summed E-state index contributed by atoms with van der Waals surface area (Å²) in [5.41, 5.74) is 6.34. The molecule has 0 spiro atoms. The number of allylic oxidation sites excluding steroid dienone is 4. The molecule has 6 atom stereocenters. The number of carbonyl (C=O) groups excluding carboxylic acids is 4. The summed E-state index contributed by atoms with van der Waals surface area (Å²) in [5, 5.41) is 17.1. The Bertz CT molecular complexity index is 1480. The summed E-state index contributed by atoms with van der Waals surface area (Å²) in [5.74, 6) is -2.32. The summed E-state index contributed by atoms with van der Waals surface area (Å²) < 4.78 is 49.5. The van der Waals surface area contributed by atoms with E-state index < -0.39 is 53.9 Å². The fourth-order valence-corrected chi connectivity index (χ4v) is 6.27. The largest absolute Gasteiger partial charge is 0.439 e. The van der Waals surface area contributed by atoms with Crippen LogP contribution >= 0.6 is 0 Å². The normalized spacial score (nSPS) is 26.0. The van der Waals surface area contributed by atoms with Crippen molar-refractivity contribution in [2.75, 3.05) is 100 Å². The van der Waals surface area contributed by atoms with Crippen molar-refractivity contribution in [2.45, 2.75) is 71.9 Å². The number of rotatable bonds is 23. The zero-order chi connectivity index (χ0) is 43.6. The van der Waals surface area contributed by atoms with E-state index in [0.717, 1.165) is 6.08 Å². The van der Waals surface area contributed by atoms with E-state index in [1.807, 2.05) is 13.8 Å². The highest BCUT2D eigenvalue weighted by atomic mass is 16.6. The first-order valence-corrected chi connectivity index (χ1v) is 20.1. The lowest BCUT2D eigenvalue weighted by atomic mass is 9.85. The van der Waals surface area contributed by atoms with E-state index in [1.54, 1.807) is 39.0 Å². The number of amides is 2. The van der Waals surface area contributed by atoms with Crippen molar-refractivity contribution in [2.24, 2.45) is 17.6 Å². The molecule has 0 aromatic carbocycles. The third-order valence-corrected chi connectivity index (χ3v) is 9.41. The average Bonchev–Trinajstić information content (AvgIpc) is 3.20. The molecule has 2 rings (SSSR count). The maximum Gasteiger partial charge on any atom is 0.405 e. The van der Waals surface area contributed by atoms with Gasteiger partial charge in [0.15, 0.2) is 6.10 Å². The number of fused-ring (bicyclic) bond motifs is 2. The van der Waals surface area contributed by atoms with Gasteiger partial charge in [-0.3, -0.25) is 14.4 Å². The van der Waals surface area contributed by atoms with Gasteiger partial charge in [0.05, 0.1) is 96.3 Å². The highest BCUT2D eigenvalue weighted by Gasteiger charge is 2.33. The van der Waals surface area contributed by atoms with Gasteiger partial charge in [-0.2, -0.15) is 0 Å². The van der Waals surface area contributed by atoms with Gasteiger partial charge in [-0.15, -0.1) is 0 Å². The van der Waals surface area contributed by atoms with E-state index in [9.17, 15) is 24.3 Å². The summed E-state index contributed by atoms with van der Waals surface area (Å²) in [6.45, 7) is 14.5. The van der Waals surface area contributed by atoms with Gasteiger partial charge in [0.25, 0.3) is 5.91 Å². The van der Waals surface area contributed by atoms with Crippen molar-refractivity contribution in [3.63, 3.8) is 0 Å². The van der Waals surface area contributed by atoms with Crippen molar-refractivity contribution in [3.05, 3.63) is 58.5 Å². The summed E-state index contributed by atoms with van der Waals surface area (Å²) in [6.07, 6.45) is 3.53. The second kappa shape index (κ2) is 29.4. The first kappa shape index (κ1) is 51.4. The lowest BCUT2D eigenvalue weighted by Crippen LogP contribution is -2.38. The van der Waals surface area contributed by atoms with Crippen LogP contribution < -0.4 is 16.4 Å². The second-order valence-corrected chi connectivity index (χ2v) is 14.1. The van der Waals surface area contributed by atoms with Gasteiger partial charge in [-0.05, 0) is 45.1 Å². The van der Waals surface area contributed by atoms with E-state index in [1.165, 1.54) is 20.3 Å². The highest BCUT2D eigenvalue weighted by molar-refractivity contribution is 6.23. The zero-order valence-corrected chi connectivity index (χ0v) is 35.8. The minimum Gasteiger partial charge on any atom is -0.439 e. The smallest absolute Gasteiger partial charge is 0.405 e. The van der Waals surface area contributed by atoms with Crippen LogP contribution in [0.25, 0.3) is 0 Å². The van der Waals surface area contributed by atoms with E-state index in [0.29, 0.717) is 84.7 Å². The van der Waals surface area contributed by atoms with Crippen LogP contribution in [0.15, 0.2) is 58.5 Å². The molecule has 1 aliphatic heterocycles. The molecule has 17 heteroatoms. The molecule has 59 heavy (non-hydrogen) atoms.